The third-order valence-corrected chi connectivity index (χ3v) is 3.35. The van der Waals surface area contributed by atoms with Crippen LogP contribution in [-0.2, 0) is 7.05 Å². The minimum Gasteiger partial charge on any atom is -0.334 e. The lowest BCUT2D eigenvalue weighted by atomic mass is 10.1. The molecular weight excluding hydrogens is 176 g/mol. The van der Waals surface area contributed by atoms with Crippen molar-refractivity contribution in [3.63, 3.8) is 0 Å². The lowest BCUT2D eigenvalue weighted by Crippen LogP contribution is -2.31. The summed E-state index contributed by atoms with van der Waals surface area (Å²) in [5, 5.41) is 0. The van der Waals surface area contributed by atoms with Gasteiger partial charge >= 0.3 is 0 Å². The maximum Gasteiger partial charge on any atom is 0.105 e. The molecule has 0 amide bonds. The molecule has 0 spiro atoms. The Morgan fingerprint density at radius 1 is 1.71 bits per heavy atom. The van der Waals surface area contributed by atoms with Crippen molar-refractivity contribution >= 4 is 0 Å². The number of aryl methyl sites for hydroxylation is 1. The number of imidazole rings is 1. The van der Waals surface area contributed by atoms with Crippen molar-refractivity contribution in [1.29, 1.82) is 0 Å². The maximum atomic E-state index is 5.59. The standard InChI is InChI=1S/C10H18N4/c1-6-4-8(6)10(13-11)9-5-12-7(2)14(9)3/h5-6,8,10,13H,4,11H2,1-3H3. The van der Waals surface area contributed by atoms with Gasteiger partial charge in [-0.3, -0.25) is 11.3 Å². The molecule has 78 valence electrons. The second-order valence-corrected chi connectivity index (χ2v) is 4.31. The third-order valence-electron chi connectivity index (χ3n) is 3.35. The van der Waals surface area contributed by atoms with Gasteiger partial charge in [0.25, 0.3) is 0 Å². The first-order chi connectivity index (χ1) is 6.65. The van der Waals surface area contributed by atoms with E-state index >= 15 is 0 Å². The summed E-state index contributed by atoms with van der Waals surface area (Å²) in [6.45, 7) is 4.27. The molecule has 0 aromatic carbocycles. The van der Waals surface area contributed by atoms with Crippen LogP contribution in [0.25, 0.3) is 0 Å². The van der Waals surface area contributed by atoms with Gasteiger partial charge < -0.3 is 4.57 Å². The van der Waals surface area contributed by atoms with Crippen molar-refractivity contribution in [2.24, 2.45) is 24.7 Å². The minimum atomic E-state index is 0.260. The molecule has 1 fully saturated rings. The van der Waals surface area contributed by atoms with E-state index in [0.717, 1.165) is 11.7 Å². The van der Waals surface area contributed by atoms with Crippen LogP contribution in [0.3, 0.4) is 0 Å². The number of nitrogens with one attached hydrogen (secondary N) is 1. The van der Waals surface area contributed by atoms with Crippen LogP contribution in [0.1, 0.15) is 30.9 Å². The van der Waals surface area contributed by atoms with Crippen molar-refractivity contribution in [3.8, 4) is 0 Å². The van der Waals surface area contributed by atoms with E-state index in [9.17, 15) is 0 Å². The summed E-state index contributed by atoms with van der Waals surface area (Å²) in [7, 11) is 2.04. The molecule has 1 aliphatic carbocycles. The van der Waals surface area contributed by atoms with Crippen LogP contribution < -0.4 is 11.3 Å². The molecule has 1 aliphatic rings. The molecule has 1 saturated carbocycles. The SMILES string of the molecule is Cc1ncc(C(NN)C2CC2C)n1C. The van der Waals surface area contributed by atoms with Gasteiger partial charge in [0, 0.05) is 7.05 Å². The van der Waals surface area contributed by atoms with Gasteiger partial charge in [-0.25, -0.2) is 4.98 Å². The van der Waals surface area contributed by atoms with Crippen molar-refractivity contribution in [3.05, 3.63) is 17.7 Å². The van der Waals surface area contributed by atoms with Gasteiger partial charge in [-0.2, -0.15) is 0 Å². The first-order valence-electron chi connectivity index (χ1n) is 5.09. The predicted octanol–water partition coefficient (Wildman–Crippen LogP) is 0.889. The highest BCUT2D eigenvalue weighted by molar-refractivity contribution is 5.13. The molecule has 0 aliphatic heterocycles. The molecule has 4 heteroatoms. The number of hydrogen-bond donors (Lipinski definition) is 2. The normalized spacial score (nSPS) is 27.7. The Kier molecular flexibility index (Phi) is 2.33. The van der Waals surface area contributed by atoms with Crippen molar-refractivity contribution in [1.82, 2.24) is 15.0 Å². The number of aromatic nitrogens is 2. The van der Waals surface area contributed by atoms with Crippen molar-refractivity contribution < 1.29 is 0 Å². The molecular formula is C10H18N4. The second-order valence-electron chi connectivity index (χ2n) is 4.31. The molecule has 0 radical (unpaired) electrons. The molecule has 4 nitrogen and oxygen atoms in total. The number of nitrogens with zero attached hydrogens (tertiary/aromatic N) is 2. The van der Waals surface area contributed by atoms with E-state index in [-0.39, 0.29) is 6.04 Å². The van der Waals surface area contributed by atoms with Crippen LogP contribution in [-0.4, -0.2) is 9.55 Å². The summed E-state index contributed by atoms with van der Waals surface area (Å²) in [5.74, 6) is 8.09. The van der Waals surface area contributed by atoms with Gasteiger partial charge in [0.15, 0.2) is 0 Å². The summed E-state index contributed by atoms with van der Waals surface area (Å²) in [6, 6.07) is 0.260. The largest absolute Gasteiger partial charge is 0.334 e. The number of hydrazine groups is 1. The number of rotatable bonds is 3. The highest BCUT2D eigenvalue weighted by Gasteiger charge is 2.40. The van der Waals surface area contributed by atoms with Gasteiger partial charge in [0.1, 0.15) is 5.82 Å². The molecule has 14 heavy (non-hydrogen) atoms. The summed E-state index contributed by atoms with van der Waals surface area (Å²) in [4.78, 5) is 4.29. The van der Waals surface area contributed by atoms with E-state index in [2.05, 4.69) is 21.9 Å². The zero-order chi connectivity index (χ0) is 10.3. The van der Waals surface area contributed by atoms with E-state index in [1.165, 1.54) is 12.1 Å². The van der Waals surface area contributed by atoms with Gasteiger partial charge in [0.2, 0.25) is 0 Å². The van der Waals surface area contributed by atoms with Crippen LogP contribution in [0.4, 0.5) is 0 Å². The molecule has 2 rings (SSSR count). The molecule has 1 aromatic heterocycles. The van der Waals surface area contributed by atoms with Crippen molar-refractivity contribution in [2.45, 2.75) is 26.3 Å². The molecule has 3 unspecified atom stereocenters. The summed E-state index contributed by atoms with van der Waals surface area (Å²) < 4.78 is 2.11. The van der Waals surface area contributed by atoms with Gasteiger partial charge in [0.05, 0.1) is 17.9 Å². The smallest absolute Gasteiger partial charge is 0.105 e. The topological polar surface area (TPSA) is 55.9 Å². The third kappa shape index (κ3) is 1.44. The molecule has 3 atom stereocenters. The average Bonchev–Trinajstić information content (AvgIpc) is 2.79. The Bertz CT molecular complexity index is 331. The summed E-state index contributed by atoms with van der Waals surface area (Å²) in [6.07, 6.45) is 3.18. The highest BCUT2D eigenvalue weighted by Crippen LogP contribution is 2.46. The second kappa shape index (κ2) is 3.37. The Morgan fingerprint density at radius 3 is 2.71 bits per heavy atom. The minimum absolute atomic E-state index is 0.260. The monoisotopic (exact) mass is 194 g/mol. The molecule has 3 N–H and O–H groups in total. The zero-order valence-electron chi connectivity index (χ0n) is 8.99. The highest BCUT2D eigenvalue weighted by atomic mass is 15.3. The van der Waals surface area contributed by atoms with Crippen LogP contribution in [0, 0.1) is 18.8 Å². The maximum absolute atomic E-state index is 5.59. The van der Waals surface area contributed by atoms with E-state index in [1.54, 1.807) is 0 Å². The van der Waals surface area contributed by atoms with Gasteiger partial charge in [-0.05, 0) is 25.2 Å². The van der Waals surface area contributed by atoms with E-state index in [1.807, 2.05) is 20.2 Å². The van der Waals surface area contributed by atoms with E-state index in [4.69, 9.17) is 5.84 Å². The quantitative estimate of drug-likeness (QED) is 0.555. The Morgan fingerprint density at radius 2 is 2.36 bits per heavy atom. The molecule has 1 aromatic rings. The Balaban J connectivity index is 2.23. The van der Waals surface area contributed by atoms with Crippen LogP contribution >= 0.6 is 0 Å². The molecule has 0 bridgehead atoms. The molecule has 1 heterocycles. The van der Waals surface area contributed by atoms with Gasteiger partial charge in [-0.1, -0.05) is 6.92 Å². The van der Waals surface area contributed by atoms with E-state index < -0.39 is 0 Å². The van der Waals surface area contributed by atoms with Gasteiger partial charge in [-0.15, -0.1) is 0 Å². The fourth-order valence-corrected chi connectivity index (χ4v) is 2.05. The van der Waals surface area contributed by atoms with Crippen molar-refractivity contribution in [2.75, 3.05) is 0 Å². The first kappa shape index (κ1) is 9.68. The average molecular weight is 194 g/mol. The Labute approximate surface area is 84.5 Å². The fourth-order valence-electron chi connectivity index (χ4n) is 2.05. The predicted molar refractivity (Wildman–Crippen MR) is 55.3 cm³/mol. The summed E-state index contributed by atoms with van der Waals surface area (Å²) >= 11 is 0. The van der Waals surface area contributed by atoms with Crippen LogP contribution in [0.15, 0.2) is 6.20 Å². The number of hydrogen-bond acceptors (Lipinski definition) is 3. The summed E-state index contributed by atoms with van der Waals surface area (Å²) in [5.41, 5.74) is 4.10. The van der Waals surface area contributed by atoms with Crippen LogP contribution in [0.2, 0.25) is 0 Å². The lowest BCUT2D eigenvalue weighted by molar-refractivity contribution is 0.452. The fraction of sp³-hybridized carbons (Fsp3) is 0.700. The molecule has 0 saturated heterocycles. The number of nitrogens with two attached hydrogens (primary N) is 1. The Hall–Kier alpha value is -0.870. The van der Waals surface area contributed by atoms with E-state index in [0.29, 0.717) is 5.92 Å². The zero-order valence-corrected chi connectivity index (χ0v) is 8.99. The van der Waals surface area contributed by atoms with Crippen LogP contribution in [0.5, 0.6) is 0 Å². The first-order valence-corrected chi connectivity index (χ1v) is 5.09. The lowest BCUT2D eigenvalue weighted by Gasteiger charge is -2.16.